The molecule has 1 N–H and O–H groups in total. The van der Waals surface area contributed by atoms with Crippen molar-refractivity contribution in [2.75, 3.05) is 38.0 Å². The van der Waals surface area contributed by atoms with Gasteiger partial charge in [0.05, 0.1) is 5.69 Å². The lowest BCUT2D eigenvalue weighted by Gasteiger charge is -2.34. The number of amides is 2. The zero-order valence-electron chi connectivity index (χ0n) is 10.5. The van der Waals surface area contributed by atoms with Crippen LogP contribution in [-0.4, -0.2) is 48.6 Å². The van der Waals surface area contributed by atoms with Crippen molar-refractivity contribution in [1.82, 2.24) is 9.80 Å². The van der Waals surface area contributed by atoms with Crippen LogP contribution in [0.2, 0.25) is 0 Å². The van der Waals surface area contributed by atoms with Gasteiger partial charge in [-0.2, -0.15) is 0 Å². The molecule has 1 aliphatic heterocycles. The van der Waals surface area contributed by atoms with Crippen molar-refractivity contribution in [3.63, 3.8) is 0 Å². The van der Waals surface area contributed by atoms with Crippen LogP contribution < -0.4 is 5.32 Å². The van der Waals surface area contributed by atoms with Crippen molar-refractivity contribution in [3.8, 4) is 0 Å². The molecule has 0 unspecified atom stereocenters. The van der Waals surface area contributed by atoms with Crippen LogP contribution in [0.3, 0.4) is 0 Å². The van der Waals surface area contributed by atoms with Crippen molar-refractivity contribution >= 4 is 34.3 Å². The van der Waals surface area contributed by atoms with Crippen molar-refractivity contribution in [2.24, 2.45) is 0 Å². The van der Waals surface area contributed by atoms with Gasteiger partial charge in [-0.25, -0.2) is 4.79 Å². The average Bonchev–Trinajstić information content (AvgIpc) is 2.41. The second-order valence-electron chi connectivity index (χ2n) is 4.33. The smallest absolute Gasteiger partial charge is 0.321 e. The Labute approximate surface area is 121 Å². The zero-order chi connectivity index (χ0) is 13.0. The fourth-order valence-corrected chi connectivity index (χ4v) is 2.55. The summed E-state index contributed by atoms with van der Waals surface area (Å²) in [4.78, 5) is 16.3. The van der Waals surface area contributed by atoms with Crippen molar-refractivity contribution < 1.29 is 4.79 Å². The first-order chi connectivity index (χ1) is 8.70. The molecule has 5 heteroatoms. The second-order valence-corrected chi connectivity index (χ2v) is 5.49. The maximum absolute atomic E-state index is 12.1. The second kappa shape index (κ2) is 6.38. The number of nitrogens with zero attached hydrogens (tertiary/aromatic N) is 2. The summed E-state index contributed by atoms with van der Waals surface area (Å²) in [7, 11) is 0. The zero-order valence-corrected chi connectivity index (χ0v) is 12.7. The van der Waals surface area contributed by atoms with E-state index >= 15 is 0 Å². The summed E-state index contributed by atoms with van der Waals surface area (Å²) in [6.07, 6.45) is 0. The van der Waals surface area contributed by atoms with Crippen molar-refractivity contribution in [1.29, 1.82) is 0 Å². The number of nitrogens with one attached hydrogen (secondary N) is 1. The number of carbonyl (C=O) groups excluding carboxylic acids is 1. The number of para-hydroxylation sites is 1. The van der Waals surface area contributed by atoms with E-state index in [9.17, 15) is 4.79 Å². The van der Waals surface area contributed by atoms with Crippen LogP contribution >= 0.6 is 22.6 Å². The van der Waals surface area contributed by atoms with Crippen molar-refractivity contribution in [3.05, 3.63) is 27.8 Å². The largest absolute Gasteiger partial charge is 0.322 e. The SMILES string of the molecule is CCN1CCN(C(=O)Nc2ccccc2I)CC1. The van der Waals surface area contributed by atoms with Gasteiger partial charge < -0.3 is 15.1 Å². The first kappa shape index (κ1) is 13.6. The number of halogens is 1. The molecule has 0 aromatic heterocycles. The number of urea groups is 1. The molecule has 2 amide bonds. The molecule has 0 spiro atoms. The number of hydrogen-bond donors (Lipinski definition) is 1. The lowest BCUT2D eigenvalue weighted by molar-refractivity contribution is 0.151. The molecule has 0 saturated carbocycles. The summed E-state index contributed by atoms with van der Waals surface area (Å²) in [5, 5.41) is 2.97. The number of carbonyl (C=O) groups is 1. The minimum absolute atomic E-state index is 0.00914. The van der Waals surface area contributed by atoms with Crippen LogP contribution in [0.4, 0.5) is 10.5 Å². The average molecular weight is 359 g/mol. The van der Waals surface area contributed by atoms with Gasteiger partial charge in [0, 0.05) is 29.7 Å². The first-order valence-electron chi connectivity index (χ1n) is 6.23. The van der Waals surface area contributed by atoms with Gasteiger partial charge in [-0.05, 0) is 41.3 Å². The molecule has 18 heavy (non-hydrogen) atoms. The van der Waals surface area contributed by atoms with Gasteiger partial charge >= 0.3 is 6.03 Å². The number of rotatable bonds is 2. The van der Waals surface area contributed by atoms with E-state index in [-0.39, 0.29) is 6.03 Å². The Hall–Kier alpha value is -0.820. The lowest BCUT2D eigenvalue weighted by Crippen LogP contribution is -2.49. The standard InChI is InChI=1S/C13H18IN3O/c1-2-16-7-9-17(10-8-16)13(18)15-12-6-4-3-5-11(12)14/h3-6H,2,7-10H2,1H3,(H,15,18). The Morgan fingerprint density at radius 3 is 2.56 bits per heavy atom. The molecule has 1 aliphatic rings. The van der Waals surface area contributed by atoms with Crippen LogP contribution in [0.5, 0.6) is 0 Å². The summed E-state index contributed by atoms with van der Waals surface area (Å²) < 4.78 is 1.07. The summed E-state index contributed by atoms with van der Waals surface area (Å²) in [5.74, 6) is 0. The predicted octanol–water partition coefficient (Wildman–Crippen LogP) is 2.46. The number of benzene rings is 1. The molecule has 98 valence electrons. The summed E-state index contributed by atoms with van der Waals surface area (Å²) in [6, 6.07) is 7.84. The first-order valence-corrected chi connectivity index (χ1v) is 7.31. The lowest BCUT2D eigenvalue weighted by atomic mass is 10.3. The normalized spacial score (nSPS) is 16.7. The van der Waals surface area contributed by atoms with Crippen LogP contribution in [0, 0.1) is 3.57 Å². The number of piperazine rings is 1. The highest BCUT2D eigenvalue weighted by atomic mass is 127. The van der Waals surface area contributed by atoms with Crippen molar-refractivity contribution in [2.45, 2.75) is 6.92 Å². The highest BCUT2D eigenvalue weighted by Crippen LogP contribution is 2.17. The highest BCUT2D eigenvalue weighted by molar-refractivity contribution is 14.1. The van der Waals surface area contributed by atoms with Gasteiger partial charge in [0.1, 0.15) is 0 Å². The quantitative estimate of drug-likeness (QED) is 0.824. The van der Waals surface area contributed by atoms with E-state index in [1.165, 1.54) is 0 Å². The molecule has 1 fully saturated rings. The van der Waals surface area contributed by atoms with Gasteiger partial charge in [-0.1, -0.05) is 19.1 Å². The van der Waals surface area contributed by atoms with E-state index in [1.54, 1.807) is 0 Å². The molecule has 1 saturated heterocycles. The van der Waals surface area contributed by atoms with Gasteiger partial charge in [0.25, 0.3) is 0 Å². The molecule has 1 aromatic rings. The minimum Gasteiger partial charge on any atom is -0.322 e. The maximum atomic E-state index is 12.1. The van der Waals surface area contributed by atoms with Crippen LogP contribution in [0.15, 0.2) is 24.3 Å². The predicted molar refractivity (Wildman–Crippen MR) is 81.9 cm³/mol. The maximum Gasteiger partial charge on any atom is 0.321 e. The summed E-state index contributed by atoms with van der Waals surface area (Å²) in [5.41, 5.74) is 0.890. The van der Waals surface area contributed by atoms with Gasteiger partial charge in [-0.3, -0.25) is 0 Å². The highest BCUT2D eigenvalue weighted by Gasteiger charge is 2.20. The molecule has 1 aromatic carbocycles. The van der Waals surface area contributed by atoms with Gasteiger partial charge in [0.15, 0.2) is 0 Å². The minimum atomic E-state index is 0.00914. The number of hydrogen-bond acceptors (Lipinski definition) is 2. The van der Waals surface area contributed by atoms with E-state index < -0.39 is 0 Å². The molecule has 4 nitrogen and oxygen atoms in total. The topological polar surface area (TPSA) is 35.6 Å². The van der Waals surface area contributed by atoms with E-state index in [0.29, 0.717) is 0 Å². The third kappa shape index (κ3) is 3.35. The van der Waals surface area contributed by atoms with Gasteiger partial charge in [-0.15, -0.1) is 0 Å². The molecule has 2 rings (SSSR count). The van der Waals surface area contributed by atoms with Crippen LogP contribution in [0.25, 0.3) is 0 Å². The van der Waals surface area contributed by atoms with E-state index in [0.717, 1.165) is 42.0 Å². The molecular formula is C13H18IN3O. The third-order valence-corrected chi connectivity index (χ3v) is 4.16. The Morgan fingerprint density at radius 1 is 1.28 bits per heavy atom. The monoisotopic (exact) mass is 359 g/mol. The number of likely N-dealkylation sites (N-methyl/N-ethyl adjacent to an activating group) is 1. The summed E-state index contributed by atoms with van der Waals surface area (Å²) >= 11 is 2.23. The molecular weight excluding hydrogens is 341 g/mol. The Morgan fingerprint density at radius 2 is 1.94 bits per heavy atom. The molecule has 0 atom stereocenters. The Balaban J connectivity index is 1.91. The molecule has 0 aliphatic carbocycles. The fourth-order valence-electron chi connectivity index (χ4n) is 2.02. The molecule has 1 heterocycles. The van der Waals surface area contributed by atoms with Crippen LogP contribution in [-0.2, 0) is 0 Å². The number of anilines is 1. The Bertz CT molecular complexity index is 416. The van der Waals surface area contributed by atoms with Crippen LogP contribution in [0.1, 0.15) is 6.92 Å². The van der Waals surface area contributed by atoms with E-state index in [4.69, 9.17) is 0 Å². The van der Waals surface area contributed by atoms with E-state index in [2.05, 4.69) is 39.7 Å². The van der Waals surface area contributed by atoms with E-state index in [1.807, 2.05) is 29.2 Å². The fraction of sp³-hybridized carbons (Fsp3) is 0.462. The molecule has 0 radical (unpaired) electrons. The van der Waals surface area contributed by atoms with Gasteiger partial charge in [0.2, 0.25) is 0 Å². The summed E-state index contributed by atoms with van der Waals surface area (Å²) in [6.45, 7) is 6.77. The Kier molecular flexibility index (Phi) is 4.82. The molecule has 0 bridgehead atoms. The third-order valence-electron chi connectivity index (χ3n) is 3.22.